The van der Waals surface area contributed by atoms with Gasteiger partial charge in [-0.2, -0.15) is 23.3 Å². The number of aromatic nitrogens is 4. The van der Waals surface area contributed by atoms with Crippen molar-refractivity contribution in [2.75, 3.05) is 25.0 Å². The third kappa shape index (κ3) is 4.59. The zero-order valence-electron chi connectivity index (χ0n) is 16.4. The van der Waals surface area contributed by atoms with Crippen molar-refractivity contribution in [2.24, 2.45) is 0 Å². The van der Waals surface area contributed by atoms with Gasteiger partial charge in [0.1, 0.15) is 0 Å². The summed E-state index contributed by atoms with van der Waals surface area (Å²) in [6.07, 6.45) is -0.646. The highest BCUT2D eigenvalue weighted by Crippen LogP contribution is 2.31. The summed E-state index contributed by atoms with van der Waals surface area (Å²) < 4.78 is 44.0. The van der Waals surface area contributed by atoms with Crippen molar-refractivity contribution in [1.29, 1.82) is 0 Å². The molecule has 1 saturated heterocycles. The Hall–Kier alpha value is -3.01. The molecule has 7 nitrogen and oxygen atoms in total. The summed E-state index contributed by atoms with van der Waals surface area (Å²) >= 11 is 0. The Bertz CT molecular complexity index is 978. The lowest BCUT2D eigenvalue weighted by molar-refractivity contribution is -0.137. The van der Waals surface area contributed by atoms with Gasteiger partial charge in [0.25, 0.3) is 0 Å². The van der Waals surface area contributed by atoms with Crippen molar-refractivity contribution in [2.45, 2.75) is 31.6 Å². The van der Waals surface area contributed by atoms with Gasteiger partial charge in [0.15, 0.2) is 5.82 Å². The normalized spacial score (nSPS) is 17.1. The van der Waals surface area contributed by atoms with Crippen molar-refractivity contribution < 1.29 is 17.7 Å². The van der Waals surface area contributed by atoms with Crippen molar-refractivity contribution >= 4 is 5.82 Å². The van der Waals surface area contributed by atoms with E-state index in [-0.39, 0.29) is 17.4 Å². The number of rotatable bonds is 6. The number of benzene rings is 1. The predicted octanol–water partition coefficient (Wildman–Crippen LogP) is 3.65. The molecule has 0 saturated carbocycles. The number of hydrogen-bond donors (Lipinski definition) is 0. The van der Waals surface area contributed by atoms with Crippen molar-refractivity contribution in [3.63, 3.8) is 0 Å². The average molecular weight is 418 g/mol. The van der Waals surface area contributed by atoms with Crippen LogP contribution in [-0.4, -0.2) is 51.4 Å². The van der Waals surface area contributed by atoms with E-state index >= 15 is 0 Å². The molecule has 0 N–H and O–H groups in total. The highest BCUT2D eigenvalue weighted by Gasteiger charge is 2.31. The lowest BCUT2D eigenvalue weighted by atomic mass is 10.1. The van der Waals surface area contributed by atoms with Gasteiger partial charge in [-0.05, 0) is 44.2 Å². The first kappa shape index (κ1) is 20.3. The van der Waals surface area contributed by atoms with Crippen LogP contribution in [0.25, 0.3) is 11.4 Å². The quantitative estimate of drug-likeness (QED) is 0.605. The molecule has 0 aliphatic carbocycles. The molecule has 4 rings (SSSR count). The predicted molar refractivity (Wildman–Crippen MR) is 103 cm³/mol. The van der Waals surface area contributed by atoms with Gasteiger partial charge in [-0.3, -0.25) is 4.90 Å². The molecule has 158 valence electrons. The molecule has 1 fully saturated rings. The number of anilines is 1. The molecule has 30 heavy (non-hydrogen) atoms. The van der Waals surface area contributed by atoms with E-state index in [0.717, 1.165) is 43.9 Å². The largest absolute Gasteiger partial charge is 0.416 e. The SMILES string of the molecule is CN(Cc1nc(-c2cccc(C(F)(F)F)c2)no1)CC1CCCN1c1cccnn1. The van der Waals surface area contributed by atoms with E-state index in [1.165, 1.54) is 12.1 Å². The van der Waals surface area contributed by atoms with Crippen LogP contribution in [0.3, 0.4) is 0 Å². The third-order valence-electron chi connectivity index (χ3n) is 5.07. The van der Waals surface area contributed by atoms with Gasteiger partial charge >= 0.3 is 6.18 Å². The van der Waals surface area contributed by atoms with E-state index in [1.54, 1.807) is 6.20 Å². The Labute approximate surface area is 171 Å². The van der Waals surface area contributed by atoms with E-state index in [4.69, 9.17) is 4.52 Å². The Morgan fingerprint density at radius 1 is 1.23 bits per heavy atom. The Morgan fingerprint density at radius 3 is 2.87 bits per heavy atom. The highest BCUT2D eigenvalue weighted by atomic mass is 19.4. The fourth-order valence-corrected chi connectivity index (χ4v) is 3.70. The average Bonchev–Trinajstić information content (AvgIpc) is 3.38. The van der Waals surface area contributed by atoms with Crippen molar-refractivity contribution in [1.82, 2.24) is 25.2 Å². The van der Waals surface area contributed by atoms with Gasteiger partial charge in [-0.25, -0.2) is 0 Å². The molecule has 1 atom stereocenters. The van der Waals surface area contributed by atoms with Gasteiger partial charge in [-0.15, -0.1) is 5.10 Å². The first-order valence-electron chi connectivity index (χ1n) is 9.63. The molecule has 1 unspecified atom stereocenters. The van der Waals surface area contributed by atoms with Gasteiger partial charge in [0, 0.05) is 30.9 Å². The van der Waals surface area contributed by atoms with Gasteiger partial charge in [0.2, 0.25) is 11.7 Å². The second-order valence-corrected chi connectivity index (χ2v) is 7.36. The van der Waals surface area contributed by atoms with E-state index in [1.807, 2.05) is 19.2 Å². The lowest BCUT2D eigenvalue weighted by Crippen LogP contribution is -2.39. The second kappa shape index (κ2) is 8.39. The maximum atomic E-state index is 12.9. The molecular formula is C20H21F3N6O. The maximum Gasteiger partial charge on any atom is 0.416 e. The molecule has 1 aliphatic heterocycles. The smallest absolute Gasteiger partial charge is 0.351 e. The summed E-state index contributed by atoms with van der Waals surface area (Å²) in [6, 6.07) is 9.02. The standard InChI is InChI=1S/C20H21F3N6O/c1-28(12-16-7-4-10-29(16)17-8-3-9-24-26-17)13-18-25-19(27-30-18)14-5-2-6-15(11-14)20(21,22)23/h2-3,5-6,8-9,11,16H,4,7,10,12-13H2,1H3. The zero-order chi connectivity index (χ0) is 21.1. The van der Waals surface area contributed by atoms with Crippen LogP contribution in [0, 0.1) is 0 Å². The zero-order valence-corrected chi connectivity index (χ0v) is 16.4. The van der Waals surface area contributed by atoms with Crippen LogP contribution in [0.1, 0.15) is 24.3 Å². The number of hydrogen-bond acceptors (Lipinski definition) is 7. The van der Waals surface area contributed by atoms with Gasteiger partial charge in [-0.1, -0.05) is 17.3 Å². The lowest BCUT2D eigenvalue weighted by Gasteiger charge is -2.28. The van der Waals surface area contributed by atoms with Crippen LogP contribution in [0.5, 0.6) is 0 Å². The summed E-state index contributed by atoms with van der Waals surface area (Å²) in [5, 5.41) is 12.0. The summed E-state index contributed by atoms with van der Waals surface area (Å²) in [5.41, 5.74) is -0.471. The van der Waals surface area contributed by atoms with Gasteiger partial charge in [0.05, 0.1) is 12.1 Å². The summed E-state index contributed by atoms with van der Waals surface area (Å²) in [6.45, 7) is 2.09. The van der Waals surface area contributed by atoms with E-state index in [9.17, 15) is 13.2 Å². The minimum absolute atomic E-state index is 0.145. The molecule has 1 aliphatic rings. The fourth-order valence-electron chi connectivity index (χ4n) is 3.70. The topological polar surface area (TPSA) is 71.2 Å². The van der Waals surface area contributed by atoms with Crippen LogP contribution in [0.15, 0.2) is 47.1 Å². The number of halogens is 3. The summed E-state index contributed by atoms with van der Waals surface area (Å²) in [5.74, 6) is 1.36. The van der Waals surface area contributed by atoms with E-state index in [2.05, 4.69) is 30.1 Å². The minimum Gasteiger partial charge on any atom is -0.351 e. The van der Waals surface area contributed by atoms with Crippen LogP contribution in [0.2, 0.25) is 0 Å². The molecule has 2 aromatic heterocycles. The van der Waals surface area contributed by atoms with Crippen LogP contribution < -0.4 is 4.90 Å². The first-order chi connectivity index (χ1) is 14.4. The molecule has 3 heterocycles. The fraction of sp³-hybridized carbons (Fsp3) is 0.400. The highest BCUT2D eigenvalue weighted by molar-refractivity contribution is 5.55. The molecule has 3 aromatic rings. The summed E-state index contributed by atoms with van der Waals surface area (Å²) in [7, 11) is 1.95. The minimum atomic E-state index is -4.42. The van der Waals surface area contributed by atoms with E-state index in [0.29, 0.717) is 12.4 Å². The first-order valence-corrected chi connectivity index (χ1v) is 9.63. The molecule has 1 aromatic carbocycles. The number of likely N-dealkylation sites (N-methyl/N-ethyl adjacent to an activating group) is 1. The monoisotopic (exact) mass is 418 g/mol. The van der Waals surface area contributed by atoms with Crippen LogP contribution in [-0.2, 0) is 12.7 Å². The molecule has 0 amide bonds. The number of alkyl halides is 3. The molecular weight excluding hydrogens is 397 g/mol. The van der Waals surface area contributed by atoms with Crippen molar-refractivity contribution in [3.8, 4) is 11.4 Å². The molecule has 10 heteroatoms. The van der Waals surface area contributed by atoms with Crippen LogP contribution in [0.4, 0.5) is 19.0 Å². The Morgan fingerprint density at radius 2 is 2.10 bits per heavy atom. The Balaban J connectivity index is 1.40. The van der Waals surface area contributed by atoms with Crippen molar-refractivity contribution in [3.05, 3.63) is 54.0 Å². The van der Waals surface area contributed by atoms with Crippen LogP contribution >= 0.6 is 0 Å². The molecule has 0 bridgehead atoms. The van der Waals surface area contributed by atoms with E-state index < -0.39 is 11.7 Å². The molecule has 0 spiro atoms. The summed E-state index contributed by atoms with van der Waals surface area (Å²) in [4.78, 5) is 8.57. The maximum absolute atomic E-state index is 12.9. The second-order valence-electron chi connectivity index (χ2n) is 7.36. The van der Waals surface area contributed by atoms with Gasteiger partial charge < -0.3 is 9.42 Å². The number of nitrogens with zero attached hydrogens (tertiary/aromatic N) is 6. The third-order valence-corrected chi connectivity index (χ3v) is 5.07. The Kier molecular flexibility index (Phi) is 5.67. The molecule has 0 radical (unpaired) electrons.